The van der Waals surface area contributed by atoms with Gasteiger partial charge in [0, 0.05) is 54.9 Å². The Labute approximate surface area is 534 Å². The summed E-state index contributed by atoms with van der Waals surface area (Å²) in [7, 11) is 0. The maximum absolute atomic E-state index is 13.4. The highest BCUT2D eigenvalue weighted by atomic mass is 79.9. The van der Waals surface area contributed by atoms with Gasteiger partial charge in [0.15, 0.2) is 11.6 Å². The molecule has 0 unspecified atom stereocenters. The standard InChI is InChI=1S/2C25H36N2O2.C22H33BrO2.C3H4N2/c2*1-24(29)7-5-16-15(12-24)3-4-18-17(16)6-8-25(2)22(18)19-11-20(19)23(25)21(28)13-27-10-9-26-14-27;1-21(25)7-5-13-12(10-21)3-4-15-14(13)6-8-22(2)19(15)16-9-17(16)20(22)18(24)11-23;1-2-5-3-4-1/h2*9-10,14-20,22-23,29H,3-8,11-13H2,1-2H3;12-17,19-20,25H,3-11H2,1-2H3;1-3H,(H,4,5)/t2*15-,16+,17-,18-,19-,20+,22-,23-,24-,25+;12-,13+,14-,15-,16-,17+,19-,20-,21-,22+;/m111./s1. The lowest BCUT2D eigenvalue weighted by molar-refractivity contribution is -0.137. The van der Waals surface area contributed by atoms with Crippen LogP contribution in [0.4, 0.5) is 0 Å². The van der Waals surface area contributed by atoms with Crippen molar-refractivity contribution >= 4 is 33.3 Å². The number of H-pyrrole nitrogens is 1. The van der Waals surface area contributed by atoms with E-state index in [2.05, 4.69) is 77.4 Å². The Hall–Kier alpha value is -3.00. The van der Waals surface area contributed by atoms with Crippen molar-refractivity contribution < 1.29 is 29.7 Å². The Morgan fingerprint density at radius 2 is 0.784 bits per heavy atom. The third-order valence-electron chi connectivity index (χ3n) is 30.4. The highest BCUT2D eigenvalue weighted by molar-refractivity contribution is 9.09. The number of ketones is 3. The van der Waals surface area contributed by atoms with Gasteiger partial charge in [-0.15, -0.1) is 0 Å². The third-order valence-corrected chi connectivity index (χ3v) is 31.0. The second-order valence-electron chi connectivity index (χ2n) is 35.3. The van der Waals surface area contributed by atoms with Crippen LogP contribution in [-0.4, -0.2) is 83.9 Å². The molecule has 13 heteroatoms. The summed E-state index contributed by atoms with van der Waals surface area (Å²) in [6.45, 7) is 14.6. The Morgan fingerprint density at radius 1 is 0.432 bits per heavy atom. The monoisotopic (exact) mass is 1270 g/mol. The first kappa shape index (κ1) is 61.2. The van der Waals surface area contributed by atoms with Gasteiger partial charge in [0.2, 0.25) is 0 Å². The Kier molecular flexibility index (Phi) is 15.7. The number of aromatic amines is 1. The maximum Gasteiger partial charge on any atom is 0.156 e. The van der Waals surface area contributed by atoms with E-state index in [0.717, 1.165) is 145 Å². The average molecular weight is 1270 g/mol. The summed E-state index contributed by atoms with van der Waals surface area (Å²) in [5.41, 5.74) is -0.557. The minimum Gasteiger partial charge on any atom is -0.390 e. The van der Waals surface area contributed by atoms with Gasteiger partial charge in [-0.25, -0.2) is 15.0 Å². The van der Waals surface area contributed by atoms with Gasteiger partial charge >= 0.3 is 0 Å². The van der Waals surface area contributed by atoms with Gasteiger partial charge < -0.3 is 29.4 Å². The quantitative estimate of drug-likeness (QED) is 0.160. The number of aliphatic hydroxyl groups is 3. The zero-order valence-electron chi connectivity index (χ0n) is 54.3. The first-order valence-corrected chi connectivity index (χ1v) is 37.4. The smallest absolute Gasteiger partial charge is 0.156 e. The molecule has 15 aliphatic carbocycles. The van der Waals surface area contributed by atoms with Gasteiger partial charge in [0.05, 0.1) is 54.2 Å². The van der Waals surface area contributed by atoms with E-state index in [0.29, 0.717) is 59.4 Å². The van der Waals surface area contributed by atoms with Crippen LogP contribution in [0.2, 0.25) is 0 Å². The van der Waals surface area contributed by atoms with Crippen molar-refractivity contribution in [3.8, 4) is 0 Å². The number of Topliss-reactive ketones (excluding diaryl/α,β-unsaturated/α-hetero) is 3. The number of alkyl halides is 1. The van der Waals surface area contributed by atoms with Crippen LogP contribution in [-0.2, 0) is 27.5 Å². The Bertz CT molecular complexity index is 2850. The van der Waals surface area contributed by atoms with Gasteiger partial charge in [0.1, 0.15) is 5.78 Å². The lowest BCUT2D eigenvalue weighted by atomic mass is 9.48. The summed E-state index contributed by atoms with van der Waals surface area (Å²) in [4.78, 5) is 54.1. The largest absolute Gasteiger partial charge is 0.390 e. The predicted molar refractivity (Wildman–Crippen MR) is 343 cm³/mol. The van der Waals surface area contributed by atoms with E-state index >= 15 is 0 Å². The molecule has 0 amide bonds. The van der Waals surface area contributed by atoms with E-state index in [1.54, 1.807) is 43.8 Å². The summed E-state index contributed by atoms with van der Waals surface area (Å²) in [5, 5.41) is 32.3. The van der Waals surface area contributed by atoms with Gasteiger partial charge in [0.25, 0.3) is 0 Å². The molecule has 15 aliphatic rings. The van der Waals surface area contributed by atoms with Crippen molar-refractivity contribution in [2.75, 3.05) is 5.33 Å². The molecule has 3 aromatic heterocycles. The SMILES string of the molecule is C[C@@]1(O)CC[C@H]2[C@H](CC[C@@H]3[C@@H]2CC[C@@]2(C)[C@H]3[C@@H]3C[C@@H]3[C@@H]2C(=O)CBr)C1.C[C@@]1(O)CC[C@H]2[C@H](CC[C@@H]3[C@@H]2CC[C@@]2(C)[C@H]3[C@@H]3C[C@@H]3[C@@H]2C(=O)Cn2ccnc2)C1.C[C@@]1(O)CC[C@H]2[C@H](CC[C@@H]3[C@@H]2CC[C@@]2(C)[C@H]3[C@@H]3C[C@@H]3[C@@H]2C(=O)Cn2ccnc2)C1.c1c[nH]cn1. The van der Waals surface area contributed by atoms with Gasteiger partial charge in [-0.05, 0) is 315 Å². The highest BCUT2D eigenvalue weighted by Crippen LogP contribution is 2.78. The number of fused-ring (bicyclic) bond motifs is 21. The molecular formula is C75H109BrN6O6. The number of imidazole rings is 3. The number of carbonyl (C=O) groups is 3. The van der Waals surface area contributed by atoms with Crippen LogP contribution in [0.5, 0.6) is 0 Å². The lowest BCUT2D eigenvalue weighted by Gasteiger charge is -2.57. The molecule has 18 rings (SSSR count). The van der Waals surface area contributed by atoms with E-state index in [9.17, 15) is 29.7 Å². The highest BCUT2D eigenvalue weighted by Gasteiger charge is 2.74. The summed E-state index contributed by atoms with van der Waals surface area (Å²) >= 11 is 3.46. The molecule has 15 saturated carbocycles. The molecule has 3 aromatic rings. The summed E-state index contributed by atoms with van der Waals surface area (Å²) in [6, 6.07) is 0. The molecule has 3 heterocycles. The molecular weight excluding hydrogens is 1160 g/mol. The molecule has 0 spiro atoms. The molecule has 0 aromatic carbocycles. The van der Waals surface area contributed by atoms with Crippen molar-refractivity contribution in [2.45, 2.75) is 226 Å². The second kappa shape index (κ2) is 22.6. The Balaban J connectivity index is 0.000000107. The number of nitrogens with one attached hydrogen (secondary N) is 1. The number of carbonyl (C=O) groups excluding carboxylic acids is 3. The lowest BCUT2D eigenvalue weighted by Crippen LogP contribution is -2.52. The fourth-order valence-corrected chi connectivity index (χ4v) is 27.9. The van der Waals surface area contributed by atoms with Crippen LogP contribution in [0.25, 0.3) is 0 Å². The number of aromatic nitrogens is 6. The molecule has 15 fully saturated rings. The van der Waals surface area contributed by atoms with Crippen LogP contribution in [0.1, 0.15) is 196 Å². The Morgan fingerprint density at radius 3 is 1.08 bits per heavy atom. The van der Waals surface area contributed by atoms with Crippen molar-refractivity contribution in [3.63, 3.8) is 0 Å². The van der Waals surface area contributed by atoms with Crippen molar-refractivity contribution in [2.24, 2.45) is 158 Å². The van der Waals surface area contributed by atoms with Crippen LogP contribution >= 0.6 is 15.9 Å². The molecule has 0 saturated heterocycles. The number of nitrogens with zero attached hydrogens (tertiary/aromatic N) is 5. The number of hydrogen-bond donors (Lipinski definition) is 4. The summed E-state index contributed by atoms with van der Waals surface area (Å²) in [6.07, 6.45) is 45.4. The van der Waals surface area contributed by atoms with Gasteiger partial charge in [-0.3, -0.25) is 14.4 Å². The van der Waals surface area contributed by atoms with E-state index in [1.165, 1.54) is 116 Å². The molecule has 30 atom stereocenters. The van der Waals surface area contributed by atoms with Gasteiger partial charge in [-0.1, -0.05) is 36.7 Å². The van der Waals surface area contributed by atoms with E-state index in [1.807, 2.05) is 21.5 Å². The average Bonchev–Trinajstić information content (AvgIpc) is 1.58. The molecule has 0 radical (unpaired) electrons. The van der Waals surface area contributed by atoms with E-state index in [4.69, 9.17) is 0 Å². The van der Waals surface area contributed by atoms with Crippen molar-refractivity contribution in [1.29, 1.82) is 0 Å². The van der Waals surface area contributed by atoms with Crippen LogP contribution < -0.4 is 0 Å². The zero-order valence-corrected chi connectivity index (χ0v) is 55.9. The molecule has 88 heavy (non-hydrogen) atoms. The minimum atomic E-state index is -0.434. The first-order chi connectivity index (χ1) is 42.1. The topological polar surface area (TPSA) is 176 Å². The number of hydrogen-bond acceptors (Lipinski definition) is 9. The van der Waals surface area contributed by atoms with Crippen molar-refractivity contribution in [3.05, 3.63) is 56.2 Å². The minimum absolute atomic E-state index is 0.222. The molecule has 12 nitrogen and oxygen atoms in total. The summed E-state index contributed by atoms with van der Waals surface area (Å²) < 4.78 is 3.92. The predicted octanol–water partition coefficient (Wildman–Crippen LogP) is 13.9. The third kappa shape index (κ3) is 10.5. The normalized spacial score (nSPS) is 52.1. The van der Waals surface area contributed by atoms with E-state index in [-0.39, 0.29) is 28.1 Å². The molecule has 482 valence electrons. The number of rotatable bonds is 8. The molecule has 0 aliphatic heterocycles. The molecule has 4 N–H and O–H groups in total. The second-order valence-corrected chi connectivity index (χ2v) is 35.9. The summed E-state index contributed by atoms with van der Waals surface area (Å²) in [5.74, 6) is 19.0. The van der Waals surface area contributed by atoms with Crippen molar-refractivity contribution in [1.82, 2.24) is 29.1 Å². The van der Waals surface area contributed by atoms with Gasteiger partial charge in [-0.2, -0.15) is 0 Å². The fraction of sp³-hybridized carbons (Fsp3) is 0.840. The fourth-order valence-electron chi connectivity index (χ4n) is 27.6. The van der Waals surface area contributed by atoms with Crippen LogP contribution in [0, 0.1) is 158 Å². The van der Waals surface area contributed by atoms with Crippen LogP contribution in [0.3, 0.4) is 0 Å². The first-order valence-electron chi connectivity index (χ1n) is 36.3. The zero-order chi connectivity index (χ0) is 61.0. The van der Waals surface area contributed by atoms with E-state index < -0.39 is 16.8 Å². The van der Waals surface area contributed by atoms with Crippen LogP contribution in [0.15, 0.2) is 56.2 Å². The molecule has 0 bridgehead atoms. The maximum atomic E-state index is 13.4. The number of halogens is 1.